The molecular weight excluding hydrogens is 242 g/mol. The second-order valence-corrected chi connectivity index (χ2v) is 4.42. The molecule has 0 unspecified atom stereocenters. The van der Waals surface area contributed by atoms with E-state index in [1.54, 1.807) is 19.2 Å². The predicted octanol–water partition coefficient (Wildman–Crippen LogP) is 0.970. The van der Waals surface area contributed by atoms with Crippen LogP contribution >= 0.6 is 0 Å². The molecule has 1 N–H and O–H groups in total. The maximum absolute atomic E-state index is 9.08. The largest absolute Gasteiger partial charge is 0.495 e. The number of nitrogens with one attached hydrogen (secondary N) is 1. The molecule has 0 radical (unpaired) electrons. The lowest BCUT2D eigenvalue weighted by Crippen LogP contribution is -2.43. The maximum atomic E-state index is 9.08. The van der Waals surface area contributed by atoms with Gasteiger partial charge in [0.25, 0.3) is 0 Å². The summed E-state index contributed by atoms with van der Waals surface area (Å²) in [6, 6.07) is 7.93. The molecule has 1 fully saturated rings. The summed E-state index contributed by atoms with van der Waals surface area (Å²) in [5, 5.41) is 20.6. The minimum atomic E-state index is 0.384. The minimum Gasteiger partial charge on any atom is -0.495 e. The molecule has 3 rings (SSSR count). The average molecular weight is 255 g/mol. The monoisotopic (exact) mass is 255 g/mol. The van der Waals surface area contributed by atoms with E-state index in [1.807, 2.05) is 16.9 Å². The van der Waals surface area contributed by atoms with Crippen LogP contribution in [0.5, 0.6) is 5.75 Å². The van der Waals surface area contributed by atoms with Gasteiger partial charge in [0.05, 0.1) is 24.9 Å². The van der Waals surface area contributed by atoms with E-state index >= 15 is 0 Å². The molecule has 19 heavy (non-hydrogen) atoms. The third-order valence-electron chi connectivity index (χ3n) is 3.26. The quantitative estimate of drug-likeness (QED) is 0.884. The number of ether oxygens (including phenoxy) is 1. The van der Waals surface area contributed by atoms with E-state index in [9.17, 15) is 0 Å². The summed E-state index contributed by atoms with van der Waals surface area (Å²) < 4.78 is 6.99. The second-order valence-electron chi connectivity index (χ2n) is 4.42. The van der Waals surface area contributed by atoms with E-state index in [0.29, 0.717) is 17.4 Å². The van der Waals surface area contributed by atoms with Crippen molar-refractivity contribution in [3.05, 3.63) is 30.0 Å². The number of methoxy groups -OCH3 is 1. The number of aromatic nitrogens is 3. The van der Waals surface area contributed by atoms with Crippen LogP contribution < -0.4 is 10.1 Å². The molecule has 0 spiro atoms. The molecular formula is C13H13N5O. The Labute approximate surface area is 110 Å². The summed E-state index contributed by atoms with van der Waals surface area (Å²) in [5.74, 6) is 0.571. The standard InChI is InChI=1S/C13H13N5O/c1-19-13-3-2-9(4-10(13)5-14)12-8-18(17-16-12)11-6-15-7-11/h2-4,8,11,15H,6-7H2,1H3. The summed E-state index contributed by atoms with van der Waals surface area (Å²) in [6.45, 7) is 1.85. The van der Waals surface area contributed by atoms with Gasteiger partial charge in [0.2, 0.25) is 0 Å². The third kappa shape index (κ3) is 2.04. The predicted molar refractivity (Wildman–Crippen MR) is 68.6 cm³/mol. The Morgan fingerprint density at radius 1 is 1.47 bits per heavy atom. The number of rotatable bonds is 3. The Hall–Kier alpha value is -2.39. The van der Waals surface area contributed by atoms with E-state index in [0.717, 1.165) is 24.3 Å². The van der Waals surface area contributed by atoms with Crippen LogP contribution in [0.4, 0.5) is 0 Å². The van der Waals surface area contributed by atoms with Crippen LogP contribution in [-0.4, -0.2) is 35.2 Å². The van der Waals surface area contributed by atoms with E-state index < -0.39 is 0 Å². The van der Waals surface area contributed by atoms with Gasteiger partial charge in [-0.05, 0) is 18.2 Å². The lowest BCUT2D eigenvalue weighted by molar-refractivity contribution is 0.313. The van der Waals surface area contributed by atoms with Gasteiger partial charge in [-0.15, -0.1) is 5.10 Å². The molecule has 1 aliphatic rings. The van der Waals surface area contributed by atoms with E-state index in [1.165, 1.54) is 0 Å². The Balaban J connectivity index is 1.93. The van der Waals surface area contributed by atoms with Gasteiger partial charge in [0, 0.05) is 18.7 Å². The highest BCUT2D eigenvalue weighted by molar-refractivity contribution is 5.63. The fourth-order valence-electron chi connectivity index (χ4n) is 2.00. The number of nitriles is 1. The van der Waals surface area contributed by atoms with Gasteiger partial charge < -0.3 is 10.1 Å². The van der Waals surface area contributed by atoms with Crippen molar-refractivity contribution in [3.63, 3.8) is 0 Å². The molecule has 1 aromatic heterocycles. The summed E-state index contributed by atoms with van der Waals surface area (Å²) in [7, 11) is 1.55. The van der Waals surface area contributed by atoms with Crippen molar-refractivity contribution >= 4 is 0 Å². The summed E-state index contributed by atoms with van der Waals surface area (Å²) in [6.07, 6.45) is 1.91. The zero-order chi connectivity index (χ0) is 13.2. The van der Waals surface area contributed by atoms with Crippen LogP contribution in [-0.2, 0) is 0 Å². The van der Waals surface area contributed by atoms with E-state index in [4.69, 9.17) is 10.00 Å². The third-order valence-corrected chi connectivity index (χ3v) is 3.26. The molecule has 0 saturated carbocycles. The van der Waals surface area contributed by atoms with Crippen molar-refractivity contribution < 1.29 is 4.74 Å². The first-order valence-electron chi connectivity index (χ1n) is 6.03. The van der Waals surface area contributed by atoms with Gasteiger partial charge in [0.15, 0.2) is 0 Å². The van der Waals surface area contributed by atoms with Crippen LogP contribution in [0.25, 0.3) is 11.3 Å². The Morgan fingerprint density at radius 2 is 2.32 bits per heavy atom. The van der Waals surface area contributed by atoms with Crippen LogP contribution in [0.2, 0.25) is 0 Å². The molecule has 0 bridgehead atoms. The average Bonchev–Trinajstić information content (AvgIpc) is 2.85. The Kier molecular flexibility index (Phi) is 2.89. The lowest BCUT2D eigenvalue weighted by atomic mass is 10.1. The molecule has 0 amide bonds. The highest BCUT2D eigenvalue weighted by Gasteiger charge is 2.20. The first-order chi connectivity index (χ1) is 9.31. The van der Waals surface area contributed by atoms with Crippen LogP contribution in [0.1, 0.15) is 11.6 Å². The highest BCUT2D eigenvalue weighted by atomic mass is 16.5. The molecule has 2 aromatic rings. The first kappa shape index (κ1) is 11.7. The SMILES string of the molecule is COc1ccc(-c2cn(C3CNC3)nn2)cc1C#N. The zero-order valence-corrected chi connectivity index (χ0v) is 10.5. The molecule has 1 aliphatic heterocycles. The molecule has 0 aliphatic carbocycles. The van der Waals surface area contributed by atoms with Crippen molar-refractivity contribution in [2.75, 3.05) is 20.2 Å². The molecule has 2 heterocycles. The van der Waals surface area contributed by atoms with E-state index in [-0.39, 0.29) is 0 Å². The van der Waals surface area contributed by atoms with Crippen LogP contribution in [0.3, 0.4) is 0 Å². The zero-order valence-electron chi connectivity index (χ0n) is 10.5. The fourth-order valence-corrected chi connectivity index (χ4v) is 2.00. The van der Waals surface area contributed by atoms with Gasteiger partial charge in [0.1, 0.15) is 17.5 Å². The number of nitrogens with zero attached hydrogens (tertiary/aromatic N) is 4. The minimum absolute atomic E-state index is 0.384. The summed E-state index contributed by atoms with van der Waals surface area (Å²) in [4.78, 5) is 0. The van der Waals surface area contributed by atoms with Crippen LogP contribution in [0, 0.1) is 11.3 Å². The molecule has 1 saturated heterocycles. The van der Waals surface area contributed by atoms with E-state index in [2.05, 4.69) is 21.7 Å². The van der Waals surface area contributed by atoms with Crippen molar-refractivity contribution in [1.82, 2.24) is 20.3 Å². The molecule has 96 valence electrons. The summed E-state index contributed by atoms with van der Waals surface area (Å²) in [5.41, 5.74) is 2.14. The van der Waals surface area contributed by atoms with Crippen molar-refractivity contribution in [2.24, 2.45) is 0 Å². The Morgan fingerprint density at radius 3 is 2.95 bits per heavy atom. The lowest BCUT2D eigenvalue weighted by Gasteiger charge is -2.26. The van der Waals surface area contributed by atoms with Crippen LogP contribution in [0.15, 0.2) is 24.4 Å². The van der Waals surface area contributed by atoms with Gasteiger partial charge in [-0.2, -0.15) is 5.26 Å². The Bertz CT molecular complexity index is 639. The molecule has 0 atom stereocenters. The number of hydrogen-bond donors (Lipinski definition) is 1. The smallest absolute Gasteiger partial charge is 0.136 e. The first-order valence-corrected chi connectivity index (χ1v) is 6.03. The van der Waals surface area contributed by atoms with Crippen molar-refractivity contribution in [2.45, 2.75) is 6.04 Å². The second kappa shape index (κ2) is 4.71. The molecule has 1 aromatic carbocycles. The van der Waals surface area contributed by atoms with Gasteiger partial charge >= 0.3 is 0 Å². The topological polar surface area (TPSA) is 75.8 Å². The number of benzene rings is 1. The fraction of sp³-hybridized carbons (Fsp3) is 0.308. The summed E-state index contributed by atoms with van der Waals surface area (Å²) >= 11 is 0. The maximum Gasteiger partial charge on any atom is 0.136 e. The number of hydrogen-bond acceptors (Lipinski definition) is 5. The van der Waals surface area contributed by atoms with Crippen molar-refractivity contribution in [1.29, 1.82) is 5.26 Å². The molecule has 6 nitrogen and oxygen atoms in total. The van der Waals surface area contributed by atoms with Gasteiger partial charge in [-0.1, -0.05) is 5.21 Å². The normalized spacial score (nSPS) is 14.7. The molecule has 6 heteroatoms. The van der Waals surface area contributed by atoms with Gasteiger partial charge in [-0.3, -0.25) is 0 Å². The highest BCUT2D eigenvalue weighted by Crippen LogP contribution is 2.25. The van der Waals surface area contributed by atoms with Crippen molar-refractivity contribution in [3.8, 4) is 23.1 Å². The van der Waals surface area contributed by atoms with Gasteiger partial charge in [-0.25, -0.2) is 4.68 Å².